The third-order valence-electron chi connectivity index (χ3n) is 5.00. The SMILES string of the molecule is C[C@H]1CN2C[C@H](NC(=O)c3cccc(Oc4ccccc4)c3)C[C@H]2CO1. The second kappa shape index (κ2) is 7.48. The van der Waals surface area contributed by atoms with Crippen LogP contribution in [0.4, 0.5) is 0 Å². The standard InChI is InChI=1S/C21H24N2O3/c1-15-12-23-13-17(11-18(23)14-25-15)22-21(24)16-6-5-9-20(10-16)26-19-7-3-2-4-8-19/h2-10,15,17-18H,11-14H2,1H3,(H,22,24)/t15-,17+,18-/m0/s1. The molecule has 2 aromatic rings. The molecule has 0 aliphatic carbocycles. The number of nitrogens with one attached hydrogen (secondary N) is 1. The van der Waals surface area contributed by atoms with Gasteiger partial charge in [-0.2, -0.15) is 0 Å². The molecule has 0 saturated carbocycles. The van der Waals surface area contributed by atoms with E-state index in [4.69, 9.17) is 9.47 Å². The number of morpholine rings is 1. The van der Waals surface area contributed by atoms with Crippen LogP contribution in [0.15, 0.2) is 54.6 Å². The van der Waals surface area contributed by atoms with E-state index in [1.165, 1.54) is 0 Å². The number of fused-ring (bicyclic) bond motifs is 1. The Bertz CT molecular complexity index is 765. The van der Waals surface area contributed by atoms with Gasteiger partial charge in [-0.3, -0.25) is 9.69 Å². The Hall–Kier alpha value is -2.37. The van der Waals surface area contributed by atoms with Crippen molar-refractivity contribution in [3.05, 3.63) is 60.2 Å². The van der Waals surface area contributed by atoms with E-state index < -0.39 is 0 Å². The lowest BCUT2D eigenvalue weighted by molar-refractivity contribution is -0.0390. The van der Waals surface area contributed by atoms with Gasteiger partial charge in [0.25, 0.3) is 5.91 Å². The highest BCUT2D eigenvalue weighted by atomic mass is 16.5. The predicted molar refractivity (Wildman–Crippen MR) is 99.6 cm³/mol. The van der Waals surface area contributed by atoms with Gasteiger partial charge < -0.3 is 14.8 Å². The number of nitrogens with zero attached hydrogens (tertiary/aromatic N) is 1. The van der Waals surface area contributed by atoms with Crippen LogP contribution in [0.2, 0.25) is 0 Å². The highest BCUT2D eigenvalue weighted by Crippen LogP contribution is 2.24. The first-order valence-electron chi connectivity index (χ1n) is 9.17. The summed E-state index contributed by atoms with van der Waals surface area (Å²) >= 11 is 0. The molecule has 2 fully saturated rings. The zero-order valence-electron chi connectivity index (χ0n) is 14.9. The third kappa shape index (κ3) is 3.89. The Morgan fingerprint density at radius 2 is 1.92 bits per heavy atom. The maximum absolute atomic E-state index is 12.7. The van der Waals surface area contributed by atoms with Crippen molar-refractivity contribution in [2.24, 2.45) is 0 Å². The molecular weight excluding hydrogens is 328 g/mol. The topological polar surface area (TPSA) is 50.8 Å². The molecule has 0 spiro atoms. The zero-order chi connectivity index (χ0) is 17.9. The van der Waals surface area contributed by atoms with Crippen molar-refractivity contribution in [3.8, 4) is 11.5 Å². The number of amides is 1. The second-order valence-corrected chi connectivity index (χ2v) is 7.10. The second-order valence-electron chi connectivity index (χ2n) is 7.10. The lowest BCUT2D eigenvalue weighted by Crippen LogP contribution is -2.45. The van der Waals surface area contributed by atoms with Crippen LogP contribution in [0, 0.1) is 0 Å². The number of carbonyl (C=O) groups excluding carboxylic acids is 1. The Balaban J connectivity index is 1.38. The van der Waals surface area contributed by atoms with E-state index in [2.05, 4.69) is 17.1 Å². The summed E-state index contributed by atoms with van der Waals surface area (Å²) in [5.41, 5.74) is 0.618. The molecule has 26 heavy (non-hydrogen) atoms. The highest BCUT2D eigenvalue weighted by Gasteiger charge is 2.36. The molecule has 2 heterocycles. The van der Waals surface area contributed by atoms with Gasteiger partial charge in [0.15, 0.2) is 0 Å². The molecule has 0 radical (unpaired) electrons. The van der Waals surface area contributed by atoms with Crippen molar-refractivity contribution in [2.45, 2.75) is 31.5 Å². The van der Waals surface area contributed by atoms with Crippen LogP contribution in [-0.2, 0) is 4.74 Å². The van der Waals surface area contributed by atoms with Gasteiger partial charge in [0.05, 0.1) is 12.7 Å². The average molecular weight is 352 g/mol. The number of para-hydroxylation sites is 1. The van der Waals surface area contributed by atoms with Crippen molar-refractivity contribution in [1.82, 2.24) is 10.2 Å². The normalized spacial score (nSPS) is 25.5. The quantitative estimate of drug-likeness (QED) is 0.919. The van der Waals surface area contributed by atoms with Gasteiger partial charge in [-0.25, -0.2) is 0 Å². The van der Waals surface area contributed by atoms with Crippen LogP contribution in [-0.4, -0.2) is 48.7 Å². The molecule has 3 atom stereocenters. The molecule has 5 heteroatoms. The fraction of sp³-hybridized carbons (Fsp3) is 0.381. The van der Waals surface area contributed by atoms with Gasteiger partial charge in [-0.05, 0) is 43.7 Å². The van der Waals surface area contributed by atoms with Gasteiger partial charge in [-0.1, -0.05) is 24.3 Å². The summed E-state index contributed by atoms with van der Waals surface area (Å²) in [7, 11) is 0. The molecule has 2 aromatic carbocycles. The molecule has 136 valence electrons. The van der Waals surface area contributed by atoms with Crippen LogP contribution in [0.25, 0.3) is 0 Å². The van der Waals surface area contributed by atoms with E-state index in [9.17, 15) is 4.79 Å². The van der Waals surface area contributed by atoms with Crippen LogP contribution in [0.1, 0.15) is 23.7 Å². The fourth-order valence-corrected chi connectivity index (χ4v) is 3.74. The van der Waals surface area contributed by atoms with Crippen molar-refractivity contribution in [2.75, 3.05) is 19.7 Å². The van der Waals surface area contributed by atoms with E-state index in [1.807, 2.05) is 48.5 Å². The number of carbonyl (C=O) groups is 1. The first kappa shape index (κ1) is 17.1. The smallest absolute Gasteiger partial charge is 0.251 e. The van der Waals surface area contributed by atoms with Crippen LogP contribution >= 0.6 is 0 Å². The average Bonchev–Trinajstić information content (AvgIpc) is 3.04. The van der Waals surface area contributed by atoms with Gasteiger partial charge >= 0.3 is 0 Å². The van der Waals surface area contributed by atoms with E-state index in [0.717, 1.165) is 31.9 Å². The molecule has 0 aromatic heterocycles. The first-order chi connectivity index (χ1) is 12.7. The Morgan fingerprint density at radius 3 is 2.77 bits per heavy atom. The van der Waals surface area contributed by atoms with Crippen molar-refractivity contribution >= 4 is 5.91 Å². The Morgan fingerprint density at radius 1 is 1.12 bits per heavy atom. The fourth-order valence-electron chi connectivity index (χ4n) is 3.74. The van der Waals surface area contributed by atoms with Crippen LogP contribution < -0.4 is 10.1 Å². The molecule has 4 rings (SSSR count). The molecular formula is C21H24N2O3. The number of hydrogen-bond donors (Lipinski definition) is 1. The third-order valence-corrected chi connectivity index (χ3v) is 5.00. The lowest BCUT2D eigenvalue weighted by atomic mass is 10.1. The molecule has 2 aliphatic heterocycles. The number of rotatable bonds is 4. The lowest BCUT2D eigenvalue weighted by Gasteiger charge is -2.33. The monoisotopic (exact) mass is 352 g/mol. The summed E-state index contributed by atoms with van der Waals surface area (Å²) in [6.07, 6.45) is 1.21. The Labute approximate surface area is 153 Å². The Kier molecular flexibility index (Phi) is 4.91. The summed E-state index contributed by atoms with van der Waals surface area (Å²) in [4.78, 5) is 15.1. The maximum Gasteiger partial charge on any atom is 0.251 e. The zero-order valence-corrected chi connectivity index (χ0v) is 14.9. The molecule has 2 aliphatic rings. The summed E-state index contributed by atoms with van der Waals surface area (Å²) in [5.74, 6) is 1.36. The molecule has 1 N–H and O–H groups in total. The first-order valence-corrected chi connectivity index (χ1v) is 9.17. The van der Waals surface area contributed by atoms with Crippen LogP contribution in [0.3, 0.4) is 0 Å². The molecule has 2 saturated heterocycles. The highest BCUT2D eigenvalue weighted by molar-refractivity contribution is 5.94. The van der Waals surface area contributed by atoms with E-state index in [0.29, 0.717) is 17.4 Å². The van der Waals surface area contributed by atoms with E-state index in [-0.39, 0.29) is 18.1 Å². The molecule has 5 nitrogen and oxygen atoms in total. The maximum atomic E-state index is 12.7. The van der Waals surface area contributed by atoms with Gasteiger partial charge in [0.2, 0.25) is 0 Å². The van der Waals surface area contributed by atoms with Crippen molar-refractivity contribution < 1.29 is 14.3 Å². The van der Waals surface area contributed by atoms with Gasteiger partial charge in [-0.15, -0.1) is 0 Å². The number of ether oxygens (including phenoxy) is 2. The summed E-state index contributed by atoms with van der Waals surface area (Å²) in [6.45, 7) is 4.69. The van der Waals surface area contributed by atoms with Crippen molar-refractivity contribution in [1.29, 1.82) is 0 Å². The largest absolute Gasteiger partial charge is 0.457 e. The number of hydrogen-bond acceptors (Lipinski definition) is 4. The summed E-state index contributed by atoms with van der Waals surface area (Å²) < 4.78 is 11.6. The van der Waals surface area contributed by atoms with Crippen molar-refractivity contribution in [3.63, 3.8) is 0 Å². The van der Waals surface area contributed by atoms with E-state index in [1.54, 1.807) is 6.07 Å². The minimum atomic E-state index is -0.0534. The minimum absolute atomic E-state index is 0.0534. The van der Waals surface area contributed by atoms with Crippen LogP contribution in [0.5, 0.6) is 11.5 Å². The van der Waals surface area contributed by atoms with Gasteiger partial charge in [0.1, 0.15) is 11.5 Å². The molecule has 0 bridgehead atoms. The number of benzene rings is 2. The molecule has 1 amide bonds. The van der Waals surface area contributed by atoms with E-state index >= 15 is 0 Å². The summed E-state index contributed by atoms with van der Waals surface area (Å²) in [6, 6.07) is 17.5. The minimum Gasteiger partial charge on any atom is -0.457 e. The summed E-state index contributed by atoms with van der Waals surface area (Å²) in [5, 5.41) is 3.17. The van der Waals surface area contributed by atoms with Gasteiger partial charge in [0, 0.05) is 30.7 Å². The molecule has 0 unspecified atom stereocenters. The predicted octanol–water partition coefficient (Wildman–Crippen LogP) is 3.07.